The molecule has 1 saturated carbocycles. The van der Waals surface area contributed by atoms with E-state index in [1.54, 1.807) is 0 Å². The normalized spacial score (nSPS) is 20.0. The molecule has 3 unspecified atom stereocenters. The molecule has 3 atom stereocenters. The molecule has 2 N–H and O–H groups in total. The second-order valence-corrected chi connectivity index (χ2v) is 9.92. The highest BCUT2D eigenvalue weighted by Gasteiger charge is 2.26. The average Bonchev–Trinajstić information content (AvgIpc) is 3.16. The lowest BCUT2D eigenvalue weighted by atomic mass is 9.95. The molecule has 6 nitrogen and oxygen atoms in total. The number of aliphatic imine (C=N–C) groups is 1. The summed E-state index contributed by atoms with van der Waals surface area (Å²) in [5, 5.41) is 7.27. The molecular weight excluding hydrogens is 521 g/mol. The first-order valence-electron chi connectivity index (χ1n) is 11.1. The number of benzene rings is 1. The van der Waals surface area contributed by atoms with Crippen molar-refractivity contribution in [2.45, 2.75) is 70.8 Å². The largest absolute Gasteiger partial charge is 0.357 e. The van der Waals surface area contributed by atoms with Crippen LogP contribution in [-0.4, -0.2) is 43.3 Å². The van der Waals surface area contributed by atoms with Gasteiger partial charge in [0.15, 0.2) is 5.96 Å². The molecule has 0 aliphatic heterocycles. The molecule has 172 valence electrons. The van der Waals surface area contributed by atoms with E-state index in [2.05, 4.69) is 51.4 Å². The van der Waals surface area contributed by atoms with Gasteiger partial charge < -0.3 is 15.2 Å². The van der Waals surface area contributed by atoms with Crippen molar-refractivity contribution in [3.05, 3.63) is 53.6 Å². The smallest absolute Gasteiger partial charge is 0.191 e. The molecule has 1 fully saturated rings. The highest BCUT2D eigenvalue weighted by atomic mass is 127. The minimum Gasteiger partial charge on any atom is -0.357 e. The van der Waals surface area contributed by atoms with Crippen LogP contribution in [0.5, 0.6) is 0 Å². The number of hydrogen-bond acceptors (Lipinski definition) is 3. The van der Waals surface area contributed by atoms with E-state index >= 15 is 0 Å². The molecule has 1 aliphatic carbocycles. The summed E-state index contributed by atoms with van der Waals surface area (Å²) in [5.41, 5.74) is 2.44. The number of aromatic nitrogens is 2. The van der Waals surface area contributed by atoms with Crippen molar-refractivity contribution in [1.29, 1.82) is 0 Å². The first-order valence-corrected chi connectivity index (χ1v) is 12.4. The summed E-state index contributed by atoms with van der Waals surface area (Å²) < 4.78 is 14.4. The molecule has 1 aromatic carbocycles. The summed E-state index contributed by atoms with van der Waals surface area (Å²) in [5.74, 6) is 2.62. The van der Waals surface area contributed by atoms with Crippen LogP contribution in [-0.2, 0) is 23.9 Å². The first-order chi connectivity index (χ1) is 14.6. The van der Waals surface area contributed by atoms with Crippen molar-refractivity contribution in [1.82, 2.24) is 20.2 Å². The van der Waals surface area contributed by atoms with Gasteiger partial charge in [0.05, 0.1) is 6.54 Å². The molecule has 8 heteroatoms. The van der Waals surface area contributed by atoms with Crippen molar-refractivity contribution in [3.8, 4) is 0 Å². The summed E-state index contributed by atoms with van der Waals surface area (Å²) in [6.07, 6.45) is 8.13. The van der Waals surface area contributed by atoms with Crippen molar-refractivity contribution in [2.75, 3.05) is 12.3 Å². The number of guanidine groups is 1. The maximum absolute atomic E-state index is 12.2. The molecule has 0 amide bonds. The lowest BCUT2D eigenvalue weighted by molar-refractivity contribution is 0.413. The van der Waals surface area contributed by atoms with E-state index in [4.69, 9.17) is 4.99 Å². The van der Waals surface area contributed by atoms with Gasteiger partial charge in [-0.2, -0.15) is 0 Å². The number of aryl methyl sites for hydroxylation is 1. The van der Waals surface area contributed by atoms with Crippen LogP contribution in [0.4, 0.5) is 0 Å². The molecular formula is C23H36IN5OS. The molecule has 3 rings (SSSR count). The molecule has 1 aliphatic rings. The zero-order valence-corrected chi connectivity index (χ0v) is 22.0. The van der Waals surface area contributed by atoms with Gasteiger partial charge in [0.2, 0.25) is 0 Å². The Balaban J connectivity index is 0.00000341. The summed E-state index contributed by atoms with van der Waals surface area (Å²) in [6, 6.07) is 8.92. The number of imidazole rings is 1. The molecule has 1 heterocycles. The van der Waals surface area contributed by atoms with Crippen molar-refractivity contribution in [3.63, 3.8) is 0 Å². The Morgan fingerprint density at radius 2 is 2.10 bits per heavy atom. The average molecular weight is 558 g/mol. The van der Waals surface area contributed by atoms with E-state index in [1.165, 1.54) is 11.1 Å². The SMILES string of the molecule is CCNC(=NCc1cccc(Cn2ccnc2C)c1)NC1CCCC(S(=O)CC)C1.I. The van der Waals surface area contributed by atoms with E-state index < -0.39 is 10.8 Å². The number of nitrogens with one attached hydrogen (secondary N) is 2. The predicted octanol–water partition coefficient (Wildman–Crippen LogP) is 3.99. The monoisotopic (exact) mass is 557 g/mol. The summed E-state index contributed by atoms with van der Waals surface area (Å²) in [4.78, 5) is 9.12. The van der Waals surface area contributed by atoms with Gasteiger partial charge in [-0.25, -0.2) is 9.98 Å². The minimum absolute atomic E-state index is 0. The number of rotatable bonds is 8. The number of halogens is 1. The van der Waals surface area contributed by atoms with Crippen LogP contribution in [0.25, 0.3) is 0 Å². The number of hydrogen-bond donors (Lipinski definition) is 2. The van der Waals surface area contributed by atoms with Crippen LogP contribution in [0.2, 0.25) is 0 Å². The van der Waals surface area contributed by atoms with Crippen LogP contribution >= 0.6 is 24.0 Å². The van der Waals surface area contributed by atoms with Crippen LogP contribution < -0.4 is 10.6 Å². The van der Waals surface area contributed by atoms with E-state index in [9.17, 15) is 4.21 Å². The minimum atomic E-state index is -0.711. The number of nitrogens with zero attached hydrogens (tertiary/aromatic N) is 3. The van der Waals surface area contributed by atoms with Crippen LogP contribution in [0.1, 0.15) is 56.5 Å². The second kappa shape index (κ2) is 13.2. The molecule has 0 bridgehead atoms. The maximum atomic E-state index is 12.2. The third-order valence-electron chi connectivity index (χ3n) is 5.66. The van der Waals surface area contributed by atoms with Gasteiger partial charge in [0, 0.05) is 53.3 Å². The molecule has 1 aromatic heterocycles. The molecule has 0 saturated heterocycles. The van der Waals surface area contributed by atoms with Crippen LogP contribution in [0.3, 0.4) is 0 Å². The summed E-state index contributed by atoms with van der Waals surface area (Å²) in [7, 11) is -0.711. The topological polar surface area (TPSA) is 71.3 Å². The van der Waals surface area contributed by atoms with Gasteiger partial charge in [-0.15, -0.1) is 24.0 Å². The lowest BCUT2D eigenvalue weighted by Crippen LogP contribution is -2.46. The summed E-state index contributed by atoms with van der Waals surface area (Å²) >= 11 is 0. The second-order valence-electron chi connectivity index (χ2n) is 7.92. The Morgan fingerprint density at radius 3 is 2.81 bits per heavy atom. The van der Waals surface area contributed by atoms with Gasteiger partial charge in [-0.05, 0) is 44.2 Å². The fourth-order valence-electron chi connectivity index (χ4n) is 4.03. The van der Waals surface area contributed by atoms with Crippen LogP contribution in [0.15, 0.2) is 41.7 Å². The predicted molar refractivity (Wildman–Crippen MR) is 141 cm³/mol. The first kappa shape index (κ1) is 25.8. The van der Waals surface area contributed by atoms with Gasteiger partial charge in [-0.3, -0.25) is 4.21 Å². The molecule has 0 radical (unpaired) electrons. The van der Waals surface area contributed by atoms with E-state index in [0.717, 1.165) is 56.3 Å². The van der Waals surface area contributed by atoms with Crippen molar-refractivity contribution >= 4 is 40.7 Å². The van der Waals surface area contributed by atoms with Crippen molar-refractivity contribution in [2.24, 2.45) is 4.99 Å². The Bertz CT molecular complexity index is 869. The van der Waals surface area contributed by atoms with E-state index in [-0.39, 0.29) is 24.0 Å². The highest BCUT2D eigenvalue weighted by Crippen LogP contribution is 2.23. The fourth-order valence-corrected chi connectivity index (χ4v) is 5.38. The Kier molecular flexibility index (Phi) is 11.0. The summed E-state index contributed by atoms with van der Waals surface area (Å²) in [6.45, 7) is 8.39. The standard InChI is InChI=1S/C23H35N5OS.HI/c1-4-24-23(27-21-10-7-11-22(15-21)30(29)5-2)26-16-19-8-6-9-20(14-19)17-28-13-12-25-18(28)3;/h6,8-9,12-14,21-22H,4-5,7,10-11,15-17H2,1-3H3,(H2,24,26,27);1H. The molecule has 0 spiro atoms. The van der Waals surface area contributed by atoms with E-state index in [1.807, 2.05) is 26.2 Å². The Morgan fingerprint density at radius 1 is 1.29 bits per heavy atom. The van der Waals surface area contributed by atoms with Gasteiger partial charge in [-0.1, -0.05) is 37.6 Å². The third kappa shape index (κ3) is 7.89. The Hall–Kier alpha value is -1.42. The van der Waals surface area contributed by atoms with Gasteiger partial charge in [0.1, 0.15) is 5.82 Å². The van der Waals surface area contributed by atoms with Gasteiger partial charge >= 0.3 is 0 Å². The zero-order chi connectivity index (χ0) is 21.3. The maximum Gasteiger partial charge on any atom is 0.191 e. The van der Waals surface area contributed by atoms with Crippen LogP contribution in [0, 0.1) is 6.92 Å². The quantitative estimate of drug-likeness (QED) is 0.293. The van der Waals surface area contributed by atoms with E-state index in [0.29, 0.717) is 17.8 Å². The third-order valence-corrected chi connectivity index (χ3v) is 7.40. The highest BCUT2D eigenvalue weighted by molar-refractivity contribution is 14.0. The van der Waals surface area contributed by atoms with Gasteiger partial charge in [0.25, 0.3) is 0 Å². The lowest BCUT2D eigenvalue weighted by Gasteiger charge is -2.30. The molecule has 31 heavy (non-hydrogen) atoms. The van der Waals surface area contributed by atoms with Crippen molar-refractivity contribution < 1.29 is 4.21 Å². The zero-order valence-electron chi connectivity index (χ0n) is 18.8. The molecule has 2 aromatic rings. The fraction of sp³-hybridized carbons (Fsp3) is 0.565. The Labute approximate surface area is 206 Å².